The van der Waals surface area contributed by atoms with E-state index in [0.29, 0.717) is 17.9 Å². The van der Waals surface area contributed by atoms with Crippen LogP contribution in [0.25, 0.3) is 0 Å². The summed E-state index contributed by atoms with van der Waals surface area (Å²) in [5.41, 5.74) is 0.601. The molecule has 1 unspecified atom stereocenters. The van der Waals surface area contributed by atoms with Crippen molar-refractivity contribution in [2.45, 2.75) is 26.8 Å². The van der Waals surface area contributed by atoms with Gasteiger partial charge in [-0.3, -0.25) is 0 Å². The molecule has 0 aliphatic carbocycles. The predicted octanol–water partition coefficient (Wildman–Crippen LogP) is 2.83. The lowest BCUT2D eigenvalue weighted by atomic mass is 10.1. The summed E-state index contributed by atoms with van der Waals surface area (Å²) in [5.74, 6) is 0.413. The largest absolute Gasteiger partial charge is 0.492 e. The molecule has 4 heteroatoms. The van der Waals surface area contributed by atoms with E-state index in [1.54, 1.807) is 6.07 Å². The summed E-state index contributed by atoms with van der Waals surface area (Å²) >= 11 is 0. The Morgan fingerprint density at radius 1 is 1.32 bits per heavy atom. The van der Waals surface area contributed by atoms with Crippen LogP contribution in [0.2, 0.25) is 0 Å². The Balaban J connectivity index is 2.70. The first-order chi connectivity index (χ1) is 9.13. The van der Waals surface area contributed by atoms with E-state index >= 15 is 0 Å². The second-order valence-corrected chi connectivity index (χ2v) is 4.54. The lowest BCUT2D eigenvalue weighted by molar-refractivity contribution is 0.220. The van der Waals surface area contributed by atoms with E-state index < -0.39 is 0 Å². The standard InChI is InChI=1S/C15H25FN2O/c1-5-18(6-2)10-11-19-14-9-7-8-13(16)15(14)12(3)17-4/h7-9,12,17H,5-6,10-11H2,1-4H3. The molecule has 0 fully saturated rings. The molecule has 0 aliphatic heterocycles. The van der Waals surface area contributed by atoms with Crippen molar-refractivity contribution in [2.75, 3.05) is 33.3 Å². The van der Waals surface area contributed by atoms with Crippen LogP contribution in [-0.2, 0) is 0 Å². The molecule has 1 N–H and O–H groups in total. The quantitative estimate of drug-likeness (QED) is 0.784. The maximum atomic E-state index is 13.9. The fourth-order valence-corrected chi connectivity index (χ4v) is 2.03. The minimum Gasteiger partial charge on any atom is -0.492 e. The Bertz CT molecular complexity index is 380. The summed E-state index contributed by atoms with van der Waals surface area (Å²) in [6, 6.07) is 4.92. The highest BCUT2D eigenvalue weighted by atomic mass is 19.1. The zero-order valence-corrected chi connectivity index (χ0v) is 12.4. The van der Waals surface area contributed by atoms with Crippen molar-refractivity contribution in [3.8, 4) is 5.75 Å². The molecule has 0 aliphatic rings. The van der Waals surface area contributed by atoms with Crippen LogP contribution in [-0.4, -0.2) is 38.2 Å². The Morgan fingerprint density at radius 3 is 2.58 bits per heavy atom. The van der Waals surface area contributed by atoms with Gasteiger partial charge >= 0.3 is 0 Å². The SMILES string of the molecule is CCN(CC)CCOc1cccc(F)c1C(C)NC. The topological polar surface area (TPSA) is 24.5 Å². The van der Waals surface area contributed by atoms with Gasteiger partial charge in [0.15, 0.2) is 0 Å². The Hall–Kier alpha value is -1.13. The fraction of sp³-hybridized carbons (Fsp3) is 0.600. The van der Waals surface area contributed by atoms with Crippen molar-refractivity contribution in [1.29, 1.82) is 0 Å². The molecule has 0 spiro atoms. The van der Waals surface area contributed by atoms with Crippen LogP contribution in [0.15, 0.2) is 18.2 Å². The molecule has 0 heterocycles. The summed E-state index contributed by atoms with van der Waals surface area (Å²) in [7, 11) is 1.82. The summed E-state index contributed by atoms with van der Waals surface area (Å²) in [4.78, 5) is 2.28. The highest BCUT2D eigenvalue weighted by Gasteiger charge is 2.15. The van der Waals surface area contributed by atoms with Crippen molar-refractivity contribution in [2.24, 2.45) is 0 Å². The van der Waals surface area contributed by atoms with Gasteiger partial charge in [0.1, 0.15) is 18.2 Å². The van der Waals surface area contributed by atoms with Crippen LogP contribution in [0.1, 0.15) is 32.4 Å². The summed E-state index contributed by atoms with van der Waals surface area (Å²) in [5, 5.41) is 3.05. The number of benzene rings is 1. The summed E-state index contributed by atoms with van der Waals surface area (Å²) in [6.45, 7) is 9.62. The maximum absolute atomic E-state index is 13.9. The van der Waals surface area contributed by atoms with Gasteiger partial charge in [-0.05, 0) is 39.2 Å². The second-order valence-electron chi connectivity index (χ2n) is 4.54. The molecule has 0 amide bonds. The maximum Gasteiger partial charge on any atom is 0.131 e. The van der Waals surface area contributed by atoms with Crippen molar-refractivity contribution < 1.29 is 9.13 Å². The van der Waals surface area contributed by atoms with Crippen molar-refractivity contribution >= 4 is 0 Å². The zero-order valence-electron chi connectivity index (χ0n) is 12.4. The van der Waals surface area contributed by atoms with Crippen LogP contribution in [0.5, 0.6) is 5.75 Å². The number of hydrogen-bond donors (Lipinski definition) is 1. The average Bonchev–Trinajstić information content (AvgIpc) is 2.43. The third kappa shape index (κ3) is 4.48. The van der Waals surface area contributed by atoms with Crippen molar-refractivity contribution in [3.63, 3.8) is 0 Å². The molecule has 19 heavy (non-hydrogen) atoms. The molecular formula is C15H25FN2O. The number of nitrogens with one attached hydrogen (secondary N) is 1. The second kappa shape index (κ2) is 8.12. The molecule has 1 aromatic rings. The lowest BCUT2D eigenvalue weighted by Crippen LogP contribution is -2.28. The molecular weight excluding hydrogens is 243 g/mol. The van der Waals surface area contributed by atoms with Crippen LogP contribution in [0, 0.1) is 5.82 Å². The molecule has 1 rings (SSSR count). The van der Waals surface area contributed by atoms with Gasteiger partial charge in [0.25, 0.3) is 0 Å². The van der Waals surface area contributed by atoms with E-state index in [2.05, 4.69) is 24.1 Å². The molecule has 108 valence electrons. The van der Waals surface area contributed by atoms with Gasteiger partial charge < -0.3 is 15.0 Å². The van der Waals surface area contributed by atoms with Crippen LogP contribution in [0.3, 0.4) is 0 Å². The van der Waals surface area contributed by atoms with Gasteiger partial charge in [0, 0.05) is 18.2 Å². The predicted molar refractivity (Wildman–Crippen MR) is 77.2 cm³/mol. The number of hydrogen-bond acceptors (Lipinski definition) is 3. The van der Waals surface area contributed by atoms with Gasteiger partial charge in [-0.25, -0.2) is 4.39 Å². The molecule has 0 saturated heterocycles. The minimum absolute atomic E-state index is 0.0651. The Kier molecular flexibility index (Phi) is 6.81. The molecule has 1 atom stereocenters. The average molecular weight is 268 g/mol. The Morgan fingerprint density at radius 2 is 2.00 bits per heavy atom. The number of rotatable bonds is 8. The van der Waals surface area contributed by atoms with E-state index in [4.69, 9.17) is 4.74 Å². The van der Waals surface area contributed by atoms with E-state index in [-0.39, 0.29) is 11.9 Å². The van der Waals surface area contributed by atoms with E-state index in [9.17, 15) is 4.39 Å². The first kappa shape index (κ1) is 15.9. The van der Waals surface area contributed by atoms with Gasteiger partial charge in [0.2, 0.25) is 0 Å². The van der Waals surface area contributed by atoms with Crippen molar-refractivity contribution in [3.05, 3.63) is 29.6 Å². The molecule has 0 bridgehead atoms. The smallest absolute Gasteiger partial charge is 0.131 e. The molecule has 1 aromatic carbocycles. The number of ether oxygens (including phenoxy) is 1. The molecule has 0 aromatic heterocycles. The van der Waals surface area contributed by atoms with Gasteiger partial charge in [-0.15, -0.1) is 0 Å². The van der Waals surface area contributed by atoms with E-state index in [0.717, 1.165) is 19.6 Å². The highest BCUT2D eigenvalue weighted by Crippen LogP contribution is 2.27. The lowest BCUT2D eigenvalue weighted by Gasteiger charge is -2.20. The third-order valence-corrected chi connectivity index (χ3v) is 3.44. The van der Waals surface area contributed by atoms with Gasteiger partial charge in [-0.1, -0.05) is 19.9 Å². The van der Waals surface area contributed by atoms with Gasteiger partial charge in [-0.2, -0.15) is 0 Å². The molecule has 0 radical (unpaired) electrons. The number of likely N-dealkylation sites (N-methyl/N-ethyl adjacent to an activating group) is 1. The van der Waals surface area contributed by atoms with E-state index in [1.165, 1.54) is 6.07 Å². The van der Waals surface area contributed by atoms with Crippen LogP contribution >= 0.6 is 0 Å². The third-order valence-electron chi connectivity index (χ3n) is 3.44. The number of nitrogens with zero attached hydrogens (tertiary/aromatic N) is 1. The van der Waals surface area contributed by atoms with Crippen LogP contribution in [0.4, 0.5) is 4.39 Å². The monoisotopic (exact) mass is 268 g/mol. The summed E-state index contributed by atoms with van der Waals surface area (Å²) < 4.78 is 19.6. The van der Waals surface area contributed by atoms with Gasteiger partial charge in [0.05, 0.1) is 0 Å². The van der Waals surface area contributed by atoms with Crippen LogP contribution < -0.4 is 10.1 Å². The fourth-order valence-electron chi connectivity index (χ4n) is 2.03. The first-order valence-corrected chi connectivity index (χ1v) is 6.94. The minimum atomic E-state index is -0.220. The van der Waals surface area contributed by atoms with Crippen molar-refractivity contribution in [1.82, 2.24) is 10.2 Å². The Labute approximate surface area is 115 Å². The molecule has 0 saturated carbocycles. The van der Waals surface area contributed by atoms with E-state index in [1.807, 2.05) is 20.0 Å². The zero-order chi connectivity index (χ0) is 14.3. The molecule has 3 nitrogen and oxygen atoms in total. The number of halogens is 1. The normalized spacial score (nSPS) is 12.7. The first-order valence-electron chi connectivity index (χ1n) is 6.94. The highest BCUT2D eigenvalue weighted by molar-refractivity contribution is 5.36. The summed E-state index contributed by atoms with van der Waals surface area (Å²) in [6.07, 6.45) is 0.